The molecule has 0 saturated heterocycles. The first kappa shape index (κ1) is 15.2. The predicted octanol–water partition coefficient (Wildman–Crippen LogP) is 4.47. The zero-order valence-corrected chi connectivity index (χ0v) is 13.9. The summed E-state index contributed by atoms with van der Waals surface area (Å²) in [6, 6.07) is 17.1. The van der Waals surface area contributed by atoms with Crippen molar-refractivity contribution in [3.63, 3.8) is 0 Å². The highest BCUT2D eigenvalue weighted by atomic mass is 31.1. The number of hydrogen-bond donors (Lipinski definition) is 0. The zero-order chi connectivity index (χ0) is 14.8. The Bertz CT molecular complexity index is 538. The molecule has 0 aliphatic heterocycles. The molecule has 0 heterocycles. The molecule has 0 radical (unpaired) electrons. The monoisotopic (exact) mass is 286 g/mol. The molecule has 2 heteroatoms. The maximum atomic E-state index is 6.44. The van der Waals surface area contributed by atoms with Crippen LogP contribution in [0.5, 0.6) is 0 Å². The lowest BCUT2D eigenvalue weighted by Crippen LogP contribution is -2.25. The summed E-state index contributed by atoms with van der Waals surface area (Å²) in [7, 11) is -0.781. The number of benzene rings is 2. The molecule has 20 heavy (non-hydrogen) atoms. The van der Waals surface area contributed by atoms with Crippen LogP contribution in [0, 0.1) is 13.8 Å². The van der Waals surface area contributed by atoms with E-state index >= 15 is 0 Å². The molecule has 0 aliphatic carbocycles. The second kappa shape index (κ2) is 6.08. The van der Waals surface area contributed by atoms with Crippen molar-refractivity contribution in [2.24, 2.45) is 0 Å². The summed E-state index contributed by atoms with van der Waals surface area (Å²) in [5, 5.41) is 2.62. The highest BCUT2D eigenvalue weighted by Crippen LogP contribution is 2.41. The summed E-state index contributed by atoms with van der Waals surface area (Å²) >= 11 is 0. The van der Waals surface area contributed by atoms with E-state index in [4.69, 9.17) is 4.52 Å². The topological polar surface area (TPSA) is 9.23 Å². The van der Waals surface area contributed by atoms with Crippen LogP contribution >= 0.6 is 8.15 Å². The second-order valence-electron chi connectivity index (χ2n) is 6.07. The third kappa shape index (κ3) is 3.69. The second-order valence-corrected chi connectivity index (χ2v) is 7.81. The smallest absolute Gasteiger partial charge is 0.0930 e. The van der Waals surface area contributed by atoms with Crippen LogP contribution in [0.4, 0.5) is 0 Å². The van der Waals surface area contributed by atoms with Crippen molar-refractivity contribution in [2.75, 3.05) is 0 Å². The van der Waals surface area contributed by atoms with Gasteiger partial charge in [0, 0.05) is 10.6 Å². The van der Waals surface area contributed by atoms with Gasteiger partial charge in [-0.2, -0.15) is 0 Å². The van der Waals surface area contributed by atoms with Gasteiger partial charge in [0.2, 0.25) is 0 Å². The fourth-order valence-electron chi connectivity index (χ4n) is 2.08. The molecule has 0 N–H and O–H groups in total. The lowest BCUT2D eigenvalue weighted by atomic mass is 10.2. The van der Waals surface area contributed by atoms with Crippen molar-refractivity contribution in [1.29, 1.82) is 0 Å². The molecule has 0 bridgehead atoms. The molecule has 1 nitrogen and oxygen atoms in total. The van der Waals surface area contributed by atoms with Gasteiger partial charge in [0.15, 0.2) is 0 Å². The minimum atomic E-state index is -0.781. The Hall–Kier alpha value is -1.17. The predicted molar refractivity (Wildman–Crippen MR) is 89.4 cm³/mol. The quantitative estimate of drug-likeness (QED) is 0.757. The lowest BCUT2D eigenvalue weighted by Gasteiger charge is -2.29. The minimum absolute atomic E-state index is 0.156. The molecule has 2 aromatic carbocycles. The van der Waals surface area contributed by atoms with E-state index < -0.39 is 8.15 Å². The molecular formula is C18H23OP. The van der Waals surface area contributed by atoms with Gasteiger partial charge in [-0.15, -0.1) is 0 Å². The molecule has 0 atom stereocenters. The molecule has 0 aromatic heterocycles. The van der Waals surface area contributed by atoms with E-state index in [1.54, 1.807) is 0 Å². The van der Waals surface area contributed by atoms with Crippen molar-refractivity contribution >= 4 is 18.8 Å². The highest BCUT2D eigenvalue weighted by molar-refractivity contribution is 7.68. The molecule has 0 unspecified atom stereocenters. The van der Waals surface area contributed by atoms with E-state index in [1.165, 1.54) is 21.7 Å². The number of rotatable bonds is 3. The Morgan fingerprint density at radius 3 is 1.50 bits per heavy atom. The van der Waals surface area contributed by atoms with Crippen LogP contribution in [-0.4, -0.2) is 5.60 Å². The van der Waals surface area contributed by atoms with E-state index in [-0.39, 0.29) is 5.60 Å². The molecule has 0 amide bonds. The third-order valence-corrected chi connectivity index (χ3v) is 5.64. The molecule has 0 aliphatic rings. The van der Waals surface area contributed by atoms with Crippen LogP contribution in [0.25, 0.3) is 0 Å². The average molecular weight is 286 g/mol. The van der Waals surface area contributed by atoms with E-state index in [2.05, 4.69) is 83.1 Å². The highest BCUT2D eigenvalue weighted by Gasteiger charge is 2.24. The number of aryl methyl sites for hydroxylation is 2. The van der Waals surface area contributed by atoms with Crippen LogP contribution in [0.15, 0.2) is 48.5 Å². The molecule has 2 rings (SSSR count). The molecule has 0 saturated carbocycles. The van der Waals surface area contributed by atoms with Gasteiger partial charge in [-0.25, -0.2) is 0 Å². The third-order valence-electron chi connectivity index (χ3n) is 3.03. The van der Waals surface area contributed by atoms with E-state index in [0.717, 1.165) is 0 Å². The van der Waals surface area contributed by atoms with Crippen molar-refractivity contribution in [1.82, 2.24) is 0 Å². The normalized spacial score (nSPS) is 11.9. The maximum absolute atomic E-state index is 6.44. The Labute approximate surface area is 123 Å². The average Bonchev–Trinajstić information content (AvgIpc) is 2.37. The van der Waals surface area contributed by atoms with Crippen molar-refractivity contribution in [2.45, 2.75) is 40.2 Å². The van der Waals surface area contributed by atoms with Gasteiger partial charge in [0.05, 0.1) is 13.7 Å². The van der Waals surface area contributed by atoms with Gasteiger partial charge < -0.3 is 4.52 Å². The molecule has 0 fully saturated rings. The van der Waals surface area contributed by atoms with Gasteiger partial charge >= 0.3 is 0 Å². The summed E-state index contributed by atoms with van der Waals surface area (Å²) in [6.07, 6.45) is 0. The Balaban J connectivity index is 2.51. The Kier molecular flexibility index (Phi) is 4.62. The first-order chi connectivity index (χ1) is 9.38. The van der Waals surface area contributed by atoms with Gasteiger partial charge in [0.1, 0.15) is 0 Å². The first-order valence-electron chi connectivity index (χ1n) is 6.99. The van der Waals surface area contributed by atoms with Gasteiger partial charge in [-0.05, 0) is 45.7 Å². The molecule has 0 spiro atoms. The summed E-state index contributed by atoms with van der Waals surface area (Å²) in [5.74, 6) is 0. The summed E-state index contributed by atoms with van der Waals surface area (Å²) in [4.78, 5) is 0. The largest absolute Gasteiger partial charge is 0.344 e. The van der Waals surface area contributed by atoms with Crippen LogP contribution in [0.1, 0.15) is 31.9 Å². The summed E-state index contributed by atoms with van der Waals surface area (Å²) in [6.45, 7) is 10.7. The fourth-order valence-corrected chi connectivity index (χ4v) is 4.32. The zero-order valence-electron chi connectivity index (χ0n) is 13.0. The van der Waals surface area contributed by atoms with Crippen LogP contribution in [0.3, 0.4) is 0 Å². The van der Waals surface area contributed by atoms with Gasteiger partial charge in [-0.1, -0.05) is 48.5 Å². The van der Waals surface area contributed by atoms with E-state index in [0.29, 0.717) is 0 Å². The van der Waals surface area contributed by atoms with Crippen molar-refractivity contribution in [3.8, 4) is 0 Å². The van der Waals surface area contributed by atoms with Crippen LogP contribution in [0.2, 0.25) is 0 Å². The van der Waals surface area contributed by atoms with Crippen molar-refractivity contribution in [3.05, 3.63) is 59.7 Å². The van der Waals surface area contributed by atoms with E-state index in [9.17, 15) is 0 Å². The minimum Gasteiger partial charge on any atom is -0.344 e. The summed E-state index contributed by atoms with van der Waals surface area (Å²) in [5.41, 5.74) is 2.44. The Morgan fingerprint density at radius 1 is 0.750 bits per heavy atom. The van der Waals surface area contributed by atoms with Gasteiger partial charge in [-0.3, -0.25) is 0 Å². The maximum Gasteiger partial charge on any atom is 0.0930 e. The summed E-state index contributed by atoms with van der Waals surface area (Å²) < 4.78 is 6.44. The Morgan fingerprint density at radius 2 is 1.15 bits per heavy atom. The standard InChI is InChI=1S/C18H23OP/c1-14-10-6-8-12-16(14)20(19-18(3,4)5)17-13-9-7-11-15(17)2/h6-13H,1-5H3. The molecule has 2 aromatic rings. The molecular weight excluding hydrogens is 263 g/mol. The van der Waals surface area contributed by atoms with E-state index in [1.807, 2.05) is 0 Å². The van der Waals surface area contributed by atoms with Gasteiger partial charge in [0.25, 0.3) is 0 Å². The first-order valence-corrected chi connectivity index (χ1v) is 8.25. The number of hydrogen-bond acceptors (Lipinski definition) is 1. The lowest BCUT2D eigenvalue weighted by molar-refractivity contribution is 0.155. The van der Waals surface area contributed by atoms with Crippen molar-refractivity contribution < 1.29 is 4.52 Å². The van der Waals surface area contributed by atoms with Crippen LogP contribution in [-0.2, 0) is 4.52 Å². The SMILES string of the molecule is Cc1ccccc1P(OC(C)(C)C)c1ccccc1C. The van der Waals surface area contributed by atoms with Crippen LogP contribution < -0.4 is 10.6 Å². The fraction of sp³-hybridized carbons (Fsp3) is 0.333. The molecule has 106 valence electrons.